The van der Waals surface area contributed by atoms with Crippen molar-refractivity contribution in [2.24, 2.45) is 0 Å². The van der Waals surface area contributed by atoms with Crippen molar-refractivity contribution in [1.82, 2.24) is 4.98 Å². The van der Waals surface area contributed by atoms with Crippen molar-refractivity contribution in [1.29, 1.82) is 0 Å². The summed E-state index contributed by atoms with van der Waals surface area (Å²) < 4.78 is 0. The van der Waals surface area contributed by atoms with Gasteiger partial charge in [-0.05, 0) is 31.2 Å². The molecule has 0 atom stereocenters. The lowest BCUT2D eigenvalue weighted by Crippen LogP contribution is -2.21. The van der Waals surface area contributed by atoms with Gasteiger partial charge < -0.3 is 10.6 Å². The topological polar surface area (TPSA) is 59.2 Å². The lowest BCUT2D eigenvalue weighted by Gasteiger charge is -2.25. The van der Waals surface area contributed by atoms with E-state index in [-0.39, 0.29) is 5.78 Å². The smallest absolute Gasteiger partial charge is 0.195 e. The Hall–Kier alpha value is -3.14. The molecule has 3 aromatic rings. The molecule has 0 fully saturated rings. The van der Waals surface area contributed by atoms with Gasteiger partial charge in [-0.1, -0.05) is 42.5 Å². The molecule has 2 N–H and O–H groups in total. The van der Waals surface area contributed by atoms with E-state index in [1.165, 1.54) is 0 Å². The van der Waals surface area contributed by atoms with Crippen molar-refractivity contribution in [2.45, 2.75) is 6.92 Å². The maximum atomic E-state index is 12.9. The molecule has 0 saturated carbocycles. The number of pyridine rings is 1. The molecule has 4 heteroatoms. The van der Waals surface area contributed by atoms with Gasteiger partial charge in [0.1, 0.15) is 0 Å². The lowest BCUT2D eigenvalue weighted by atomic mass is 10.0. The first-order valence-electron chi connectivity index (χ1n) is 7.89. The standard InChI is InChI=1S/C20H19N3O/c1-2-23(20-17(21)12-8-14-22-20)18-13-7-6-11-16(18)19(24)15-9-4-3-5-10-15/h3-14H,2,21H2,1H3. The third-order valence-electron chi connectivity index (χ3n) is 3.86. The fourth-order valence-electron chi connectivity index (χ4n) is 2.72. The molecule has 0 bridgehead atoms. The van der Waals surface area contributed by atoms with Crippen molar-refractivity contribution < 1.29 is 4.79 Å². The fraction of sp³-hybridized carbons (Fsp3) is 0.100. The van der Waals surface area contributed by atoms with E-state index in [9.17, 15) is 4.79 Å². The molecule has 1 aromatic heterocycles. The largest absolute Gasteiger partial charge is 0.396 e. The Labute approximate surface area is 141 Å². The first kappa shape index (κ1) is 15.7. The number of nitrogens with two attached hydrogens (primary N) is 1. The zero-order valence-corrected chi connectivity index (χ0v) is 13.5. The molecule has 0 aliphatic carbocycles. The van der Waals surface area contributed by atoms with Crippen molar-refractivity contribution in [3.63, 3.8) is 0 Å². The van der Waals surface area contributed by atoms with Crippen LogP contribution in [0.1, 0.15) is 22.8 Å². The number of nitrogen functional groups attached to an aromatic ring is 1. The predicted molar refractivity (Wildman–Crippen MR) is 97.6 cm³/mol. The highest BCUT2D eigenvalue weighted by atomic mass is 16.1. The Morgan fingerprint density at radius 2 is 1.71 bits per heavy atom. The van der Waals surface area contributed by atoms with Crippen molar-refractivity contribution >= 4 is 23.0 Å². The number of ketones is 1. The van der Waals surface area contributed by atoms with Gasteiger partial charge in [0, 0.05) is 23.9 Å². The molecule has 0 aliphatic rings. The minimum atomic E-state index is -0.0147. The minimum absolute atomic E-state index is 0.0147. The molecule has 2 aromatic carbocycles. The van der Waals surface area contributed by atoms with Gasteiger partial charge in [0.2, 0.25) is 0 Å². The summed E-state index contributed by atoms with van der Waals surface area (Å²) in [6.07, 6.45) is 1.70. The van der Waals surface area contributed by atoms with Crippen LogP contribution in [0.3, 0.4) is 0 Å². The lowest BCUT2D eigenvalue weighted by molar-refractivity contribution is 0.103. The quantitative estimate of drug-likeness (QED) is 0.721. The Morgan fingerprint density at radius 1 is 1.00 bits per heavy atom. The van der Waals surface area contributed by atoms with E-state index in [0.29, 0.717) is 29.2 Å². The molecule has 4 nitrogen and oxygen atoms in total. The Bertz CT molecular complexity index is 846. The van der Waals surface area contributed by atoms with E-state index >= 15 is 0 Å². The molecule has 1 heterocycles. The molecule has 0 aliphatic heterocycles. The van der Waals surface area contributed by atoms with Crippen molar-refractivity contribution in [2.75, 3.05) is 17.2 Å². The Kier molecular flexibility index (Phi) is 4.57. The van der Waals surface area contributed by atoms with Crippen molar-refractivity contribution in [3.05, 3.63) is 84.1 Å². The second-order valence-electron chi connectivity index (χ2n) is 5.37. The molecular weight excluding hydrogens is 298 g/mol. The third kappa shape index (κ3) is 2.99. The summed E-state index contributed by atoms with van der Waals surface area (Å²) in [5.41, 5.74) is 8.77. The van der Waals surface area contributed by atoms with Crippen LogP contribution in [-0.4, -0.2) is 17.3 Å². The zero-order valence-electron chi connectivity index (χ0n) is 13.5. The Morgan fingerprint density at radius 3 is 2.42 bits per heavy atom. The number of anilines is 3. The van der Waals surface area contributed by atoms with Gasteiger partial charge in [0.25, 0.3) is 0 Å². The SMILES string of the molecule is CCN(c1ccccc1C(=O)c1ccccc1)c1ncccc1N. The molecule has 0 spiro atoms. The highest BCUT2D eigenvalue weighted by Gasteiger charge is 2.19. The van der Waals surface area contributed by atoms with E-state index < -0.39 is 0 Å². The van der Waals surface area contributed by atoms with Gasteiger partial charge in [-0.25, -0.2) is 4.98 Å². The van der Waals surface area contributed by atoms with Crippen LogP contribution >= 0.6 is 0 Å². The van der Waals surface area contributed by atoms with Gasteiger partial charge in [-0.2, -0.15) is 0 Å². The number of rotatable bonds is 5. The summed E-state index contributed by atoms with van der Waals surface area (Å²) in [7, 11) is 0. The number of benzene rings is 2. The van der Waals surface area contributed by atoms with E-state index in [4.69, 9.17) is 5.73 Å². The average Bonchev–Trinajstić information content (AvgIpc) is 2.64. The number of carbonyl (C=O) groups is 1. The molecule has 0 saturated heterocycles. The van der Waals surface area contributed by atoms with Gasteiger partial charge >= 0.3 is 0 Å². The number of aromatic nitrogens is 1. The van der Waals surface area contributed by atoms with Crippen LogP contribution in [-0.2, 0) is 0 Å². The highest BCUT2D eigenvalue weighted by Crippen LogP contribution is 2.31. The average molecular weight is 317 g/mol. The van der Waals surface area contributed by atoms with Gasteiger partial charge in [-0.15, -0.1) is 0 Å². The van der Waals surface area contributed by atoms with Crippen molar-refractivity contribution in [3.8, 4) is 0 Å². The molecule has 3 rings (SSSR count). The maximum Gasteiger partial charge on any atom is 0.195 e. The van der Waals surface area contributed by atoms with Gasteiger partial charge in [0.15, 0.2) is 11.6 Å². The molecule has 120 valence electrons. The Balaban J connectivity index is 2.09. The number of hydrogen-bond acceptors (Lipinski definition) is 4. The number of para-hydroxylation sites is 1. The first-order valence-corrected chi connectivity index (χ1v) is 7.89. The summed E-state index contributed by atoms with van der Waals surface area (Å²) in [6, 6.07) is 20.4. The summed E-state index contributed by atoms with van der Waals surface area (Å²) in [6.45, 7) is 2.66. The zero-order chi connectivity index (χ0) is 16.9. The molecule has 24 heavy (non-hydrogen) atoms. The number of carbonyl (C=O) groups excluding carboxylic acids is 1. The second kappa shape index (κ2) is 6.96. The van der Waals surface area contributed by atoms with E-state index in [1.807, 2.05) is 72.5 Å². The molecule has 0 radical (unpaired) electrons. The highest BCUT2D eigenvalue weighted by molar-refractivity contribution is 6.12. The van der Waals surface area contributed by atoms with E-state index in [0.717, 1.165) is 5.69 Å². The number of nitrogens with zero attached hydrogens (tertiary/aromatic N) is 2. The molecular formula is C20H19N3O. The van der Waals surface area contributed by atoms with Crippen LogP contribution in [0.15, 0.2) is 72.9 Å². The summed E-state index contributed by atoms with van der Waals surface area (Å²) in [5.74, 6) is 0.646. The molecule has 0 unspecified atom stereocenters. The van der Waals surface area contributed by atoms with E-state index in [2.05, 4.69) is 4.98 Å². The summed E-state index contributed by atoms with van der Waals surface area (Å²) in [4.78, 5) is 19.3. The fourth-order valence-corrected chi connectivity index (χ4v) is 2.72. The second-order valence-corrected chi connectivity index (χ2v) is 5.37. The van der Waals surface area contributed by atoms with Crippen LogP contribution in [0.2, 0.25) is 0 Å². The van der Waals surface area contributed by atoms with Crippen LogP contribution < -0.4 is 10.6 Å². The van der Waals surface area contributed by atoms with Crippen LogP contribution in [0.25, 0.3) is 0 Å². The van der Waals surface area contributed by atoms with Gasteiger partial charge in [0.05, 0.1) is 11.4 Å². The summed E-state index contributed by atoms with van der Waals surface area (Å²) >= 11 is 0. The first-order chi connectivity index (χ1) is 11.7. The monoisotopic (exact) mass is 317 g/mol. The van der Waals surface area contributed by atoms with Gasteiger partial charge in [-0.3, -0.25) is 4.79 Å². The third-order valence-corrected chi connectivity index (χ3v) is 3.86. The molecule has 0 amide bonds. The summed E-state index contributed by atoms with van der Waals surface area (Å²) in [5, 5.41) is 0. The van der Waals surface area contributed by atoms with E-state index in [1.54, 1.807) is 12.3 Å². The normalized spacial score (nSPS) is 10.4. The van der Waals surface area contributed by atoms with Crippen LogP contribution in [0, 0.1) is 0 Å². The maximum absolute atomic E-state index is 12.9. The number of hydrogen-bond donors (Lipinski definition) is 1. The minimum Gasteiger partial charge on any atom is -0.396 e. The van der Waals surface area contributed by atoms with Crippen LogP contribution in [0.5, 0.6) is 0 Å². The van der Waals surface area contributed by atoms with Crippen LogP contribution in [0.4, 0.5) is 17.2 Å². The predicted octanol–water partition coefficient (Wildman–Crippen LogP) is 4.05.